The van der Waals surface area contributed by atoms with Crippen molar-refractivity contribution in [1.82, 2.24) is 0 Å². The highest BCUT2D eigenvalue weighted by molar-refractivity contribution is 5.75. The molecule has 1 rings (SSSR count). The van der Waals surface area contributed by atoms with Gasteiger partial charge in [-0.15, -0.1) is 0 Å². The molecule has 0 N–H and O–H groups in total. The van der Waals surface area contributed by atoms with Crippen LogP contribution in [0.1, 0.15) is 5.56 Å². The van der Waals surface area contributed by atoms with E-state index in [1.54, 1.807) is 0 Å². The molecule has 1 aromatic rings. The van der Waals surface area contributed by atoms with E-state index in [-0.39, 0.29) is 23.4 Å². The molecule has 7 heteroatoms. The molecular formula is C11H13NO6. The average molecular weight is 255 g/mol. The first-order valence-electron chi connectivity index (χ1n) is 4.99. The minimum atomic E-state index is -0.583. The number of esters is 1. The van der Waals surface area contributed by atoms with Crippen LogP contribution >= 0.6 is 0 Å². The molecule has 98 valence electrons. The van der Waals surface area contributed by atoms with Gasteiger partial charge in [-0.2, -0.15) is 0 Å². The lowest BCUT2D eigenvalue weighted by Gasteiger charge is -2.09. The van der Waals surface area contributed by atoms with Crippen LogP contribution in [0.2, 0.25) is 0 Å². The lowest BCUT2D eigenvalue weighted by molar-refractivity contribution is -0.385. The average Bonchev–Trinajstić information content (AvgIpc) is 2.37. The number of nitrogens with zero attached hydrogens (tertiary/aromatic N) is 1. The number of methoxy groups -OCH3 is 3. The Labute approximate surface area is 103 Å². The molecule has 18 heavy (non-hydrogen) atoms. The number of nitro benzene ring substituents is 1. The second-order valence-electron chi connectivity index (χ2n) is 3.35. The second kappa shape index (κ2) is 5.85. The van der Waals surface area contributed by atoms with E-state index in [9.17, 15) is 14.9 Å². The van der Waals surface area contributed by atoms with Crippen molar-refractivity contribution in [1.29, 1.82) is 0 Å². The van der Waals surface area contributed by atoms with Crippen LogP contribution in [0.3, 0.4) is 0 Å². The maximum Gasteiger partial charge on any atom is 0.310 e. The van der Waals surface area contributed by atoms with Crippen molar-refractivity contribution in [2.45, 2.75) is 6.42 Å². The first-order chi connectivity index (χ1) is 8.53. The van der Waals surface area contributed by atoms with Crippen LogP contribution in [0.25, 0.3) is 0 Å². The maximum atomic E-state index is 11.2. The number of carbonyl (C=O) groups is 1. The van der Waals surface area contributed by atoms with E-state index in [0.29, 0.717) is 5.75 Å². The number of rotatable bonds is 5. The Morgan fingerprint density at radius 1 is 1.22 bits per heavy atom. The molecule has 0 unspecified atom stereocenters. The van der Waals surface area contributed by atoms with E-state index in [1.165, 1.54) is 33.5 Å². The third-order valence-electron chi connectivity index (χ3n) is 2.34. The predicted octanol–water partition coefficient (Wildman–Crippen LogP) is 1.33. The summed E-state index contributed by atoms with van der Waals surface area (Å²) >= 11 is 0. The number of benzene rings is 1. The standard InChI is InChI=1S/C11H13NO6/c1-16-9-4-7(5-11(13)18-3)8(12(14)15)6-10(9)17-2/h4,6H,5H2,1-3H3. The van der Waals surface area contributed by atoms with Crippen LogP contribution in [-0.2, 0) is 16.0 Å². The highest BCUT2D eigenvalue weighted by atomic mass is 16.6. The molecule has 0 aliphatic heterocycles. The van der Waals surface area contributed by atoms with Gasteiger partial charge in [-0.25, -0.2) is 0 Å². The molecule has 0 aliphatic carbocycles. The Kier molecular flexibility index (Phi) is 4.47. The fourth-order valence-corrected chi connectivity index (χ4v) is 1.45. The summed E-state index contributed by atoms with van der Waals surface area (Å²) in [6.07, 6.45) is -0.201. The van der Waals surface area contributed by atoms with Crippen molar-refractivity contribution >= 4 is 11.7 Å². The number of nitro groups is 1. The van der Waals surface area contributed by atoms with Gasteiger partial charge in [0.25, 0.3) is 5.69 Å². The summed E-state index contributed by atoms with van der Waals surface area (Å²) in [5.41, 5.74) is 0.00236. The predicted molar refractivity (Wildman–Crippen MR) is 61.9 cm³/mol. The molecule has 0 aliphatic rings. The van der Waals surface area contributed by atoms with Gasteiger partial charge in [0.1, 0.15) is 0 Å². The zero-order valence-electron chi connectivity index (χ0n) is 10.3. The van der Waals surface area contributed by atoms with Crippen molar-refractivity contribution in [2.75, 3.05) is 21.3 Å². The van der Waals surface area contributed by atoms with E-state index in [4.69, 9.17) is 9.47 Å². The summed E-state index contributed by atoms with van der Waals surface area (Å²) in [4.78, 5) is 21.5. The second-order valence-corrected chi connectivity index (χ2v) is 3.35. The Bertz CT molecular complexity index is 471. The topological polar surface area (TPSA) is 87.9 Å². The molecule has 0 aromatic heterocycles. The molecule has 0 bridgehead atoms. The van der Waals surface area contributed by atoms with Gasteiger partial charge in [-0.1, -0.05) is 0 Å². The van der Waals surface area contributed by atoms with Gasteiger partial charge >= 0.3 is 5.97 Å². The molecule has 0 heterocycles. The summed E-state index contributed by atoms with van der Waals surface area (Å²) in [6.45, 7) is 0. The molecule has 0 fully saturated rings. The van der Waals surface area contributed by atoms with Crippen LogP contribution in [0.4, 0.5) is 5.69 Å². The lowest BCUT2D eigenvalue weighted by atomic mass is 10.1. The number of hydrogen-bond donors (Lipinski definition) is 0. The molecule has 0 atom stereocenters. The molecular weight excluding hydrogens is 242 g/mol. The van der Waals surface area contributed by atoms with Crippen molar-refractivity contribution in [3.8, 4) is 11.5 Å². The molecule has 7 nitrogen and oxygen atoms in total. The first kappa shape index (κ1) is 13.8. The highest BCUT2D eigenvalue weighted by Crippen LogP contribution is 2.34. The summed E-state index contributed by atoms with van der Waals surface area (Å²) < 4.78 is 14.5. The van der Waals surface area contributed by atoms with Crippen LogP contribution in [0.15, 0.2) is 12.1 Å². The monoisotopic (exact) mass is 255 g/mol. The van der Waals surface area contributed by atoms with Crippen LogP contribution in [0.5, 0.6) is 11.5 Å². The zero-order chi connectivity index (χ0) is 13.7. The zero-order valence-corrected chi connectivity index (χ0v) is 10.3. The van der Waals surface area contributed by atoms with Crippen LogP contribution < -0.4 is 9.47 Å². The van der Waals surface area contributed by atoms with E-state index < -0.39 is 10.9 Å². The smallest absolute Gasteiger partial charge is 0.310 e. The Balaban J connectivity index is 3.28. The van der Waals surface area contributed by atoms with E-state index in [0.717, 1.165) is 0 Å². The number of carbonyl (C=O) groups excluding carboxylic acids is 1. The largest absolute Gasteiger partial charge is 0.493 e. The van der Waals surface area contributed by atoms with Crippen LogP contribution in [-0.4, -0.2) is 32.2 Å². The van der Waals surface area contributed by atoms with Gasteiger partial charge in [0.15, 0.2) is 11.5 Å². The fourth-order valence-electron chi connectivity index (χ4n) is 1.45. The molecule has 1 aromatic carbocycles. The van der Waals surface area contributed by atoms with Gasteiger partial charge in [-0.3, -0.25) is 14.9 Å². The van der Waals surface area contributed by atoms with Gasteiger partial charge in [0.2, 0.25) is 0 Å². The first-order valence-corrected chi connectivity index (χ1v) is 4.99. The van der Waals surface area contributed by atoms with Gasteiger partial charge in [-0.05, 0) is 6.07 Å². The van der Waals surface area contributed by atoms with E-state index >= 15 is 0 Å². The SMILES string of the molecule is COC(=O)Cc1cc(OC)c(OC)cc1[N+](=O)[O-]. The highest BCUT2D eigenvalue weighted by Gasteiger charge is 2.21. The Morgan fingerprint density at radius 3 is 2.22 bits per heavy atom. The lowest BCUT2D eigenvalue weighted by Crippen LogP contribution is -2.07. The minimum absolute atomic E-state index is 0.201. The van der Waals surface area contributed by atoms with Crippen molar-refractivity contribution in [3.63, 3.8) is 0 Å². The molecule has 0 radical (unpaired) electrons. The molecule has 0 spiro atoms. The third kappa shape index (κ3) is 2.88. The minimum Gasteiger partial charge on any atom is -0.493 e. The number of hydrogen-bond acceptors (Lipinski definition) is 6. The van der Waals surface area contributed by atoms with Gasteiger partial charge < -0.3 is 14.2 Å². The summed E-state index contributed by atoms with van der Waals surface area (Å²) in [5.74, 6) is -0.00913. The van der Waals surface area contributed by atoms with Gasteiger partial charge in [0, 0.05) is 5.56 Å². The Morgan fingerprint density at radius 2 is 1.78 bits per heavy atom. The van der Waals surface area contributed by atoms with Crippen molar-refractivity contribution in [3.05, 3.63) is 27.8 Å². The van der Waals surface area contributed by atoms with Crippen LogP contribution in [0, 0.1) is 10.1 Å². The van der Waals surface area contributed by atoms with Gasteiger partial charge in [0.05, 0.1) is 38.7 Å². The maximum absolute atomic E-state index is 11.2. The van der Waals surface area contributed by atoms with E-state index in [1.807, 2.05) is 0 Å². The van der Waals surface area contributed by atoms with Crippen molar-refractivity contribution < 1.29 is 23.9 Å². The number of ether oxygens (including phenoxy) is 3. The quantitative estimate of drug-likeness (QED) is 0.448. The molecule has 0 saturated heterocycles. The van der Waals surface area contributed by atoms with Crippen molar-refractivity contribution in [2.24, 2.45) is 0 Å². The fraction of sp³-hybridized carbons (Fsp3) is 0.364. The Hall–Kier alpha value is -2.31. The molecule has 0 saturated carbocycles. The summed E-state index contributed by atoms with van der Waals surface area (Å²) in [5, 5.41) is 10.9. The van der Waals surface area contributed by atoms with E-state index in [2.05, 4.69) is 4.74 Å². The third-order valence-corrected chi connectivity index (χ3v) is 2.34. The summed E-state index contributed by atoms with van der Waals surface area (Å²) in [7, 11) is 4.00. The molecule has 0 amide bonds. The normalized spacial score (nSPS) is 9.72. The summed E-state index contributed by atoms with van der Waals surface area (Å²) in [6, 6.07) is 2.62.